The summed E-state index contributed by atoms with van der Waals surface area (Å²) in [5.74, 6) is -4.76. The van der Waals surface area contributed by atoms with Crippen molar-refractivity contribution in [2.45, 2.75) is 5.67 Å². The number of carbonyl (C=O) groups excluding carboxylic acids is 1. The van der Waals surface area contributed by atoms with Crippen LogP contribution in [0.25, 0.3) is 0 Å². The smallest absolute Gasteiger partial charge is 0.358 e. The van der Waals surface area contributed by atoms with Crippen LogP contribution in [0.3, 0.4) is 0 Å². The lowest BCUT2D eigenvalue weighted by Crippen LogP contribution is -2.39. The normalized spacial score (nSPS) is 11.0. The van der Waals surface area contributed by atoms with E-state index in [1.54, 1.807) is 30.3 Å². The molecular formula is C16H11FO5. The summed E-state index contributed by atoms with van der Waals surface area (Å²) in [6.45, 7) is 0. The third-order valence-electron chi connectivity index (χ3n) is 3.15. The molecule has 0 atom stereocenters. The van der Waals surface area contributed by atoms with Gasteiger partial charge in [-0.05, 0) is 6.07 Å². The molecule has 0 heterocycles. The zero-order chi connectivity index (χ0) is 16.3. The number of halogens is 1. The Morgan fingerprint density at radius 1 is 0.818 bits per heavy atom. The van der Waals surface area contributed by atoms with Crippen LogP contribution in [0.15, 0.2) is 54.6 Å². The zero-order valence-corrected chi connectivity index (χ0v) is 11.2. The average Bonchev–Trinajstić information content (AvgIpc) is 2.53. The van der Waals surface area contributed by atoms with Crippen LogP contribution in [-0.2, 0) is 15.3 Å². The summed E-state index contributed by atoms with van der Waals surface area (Å²) in [5.41, 5.74) is -3.88. The molecule has 0 aromatic heterocycles. The summed E-state index contributed by atoms with van der Waals surface area (Å²) in [7, 11) is 0. The van der Waals surface area contributed by atoms with Gasteiger partial charge >= 0.3 is 17.6 Å². The molecule has 0 fully saturated rings. The Kier molecular flexibility index (Phi) is 4.03. The van der Waals surface area contributed by atoms with Gasteiger partial charge in [-0.2, -0.15) is 0 Å². The van der Waals surface area contributed by atoms with Crippen LogP contribution in [0.1, 0.15) is 21.5 Å². The number of alkyl halides is 1. The van der Waals surface area contributed by atoms with E-state index < -0.39 is 29.0 Å². The molecule has 2 aromatic rings. The molecule has 0 radical (unpaired) electrons. The lowest BCUT2D eigenvalue weighted by Gasteiger charge is -2.16. The molecule has 5 nitrogen and oxygen atoms in total. The first-order chi connectivity index (χ1) is 10.4. The number of hydrogen-bond donors (Lipinski definition) is 2. The van der Waals surface area contributed by atoms with Crippen molar-refractivity contribution < 1.29 is 29.0 Å². The highest BCUT2D eigenvalue weighted by Crippen LogP contribution is 2.28. The van der Waals surface area contributed by atoms with Gasteiger partial charge in [0.05, 0.1) is 0 Å². The molecule has 0 aliphatic carbocycles. The molecule has 0 saturated carbocycles. The van der Waals surface area contributed by atoms with E-state index in [2.05, 4.69) is 0 Å². The second-order valence-electron chi connectivity index (χ2n) is 4.54. The van der Waals surface area contributed by atoms with Gasteiger partial charge in [0, 0.05) is 16.7 Å². The number of carboxylic acid groups (broad SMARTS) is 2. The molecule has 6 heteroatoms. The highest BCUT2D eigenvalue weighted by molar-refractivity contribution is 6.09. The minimum absolute atomic E-state index is 0.00762. The molecule has 2 rings (SSSR count). The summed E-state index contributed by atoms with van der Waals surface area (Å²) < 4.78 is 14.3. The van der Waals surface area contributed by atoms with Crippen LogP contribution in [-0.4, -0.2) is 27.9 Å². The van der Waals surface area contributed by atoms with Crippen molar-refractivity contribution in [2.75, 3.05) is 0 Å². The highest BCUT2D eigenvalue weighted by Gasteiger charge is 2.49. The van der Waals surface area contributed by atoms with Gasteiger partial charge in [0.25, 0.3) is 0 Å². The average molecular weight is 302 g/mol. The van der Waals surface area contributed by atoms with E-state index in [9.17, 15) is 18.8 Å². The van der Waals surface area contributed by atoms with Crippen molar-refractivity contribution >= 4 is 17.7 Å². The van der Waals surface area contributed by atoms with Crippen molar-refractivity contribution in [3.05, 3.63) is 71.3 Å². The van der Waals surface area contributed by atoms with Crippen molar-refractivity contribution in [3.63, 3.8) is 0 Å². The molecule has 2 aromatic carbocycles. The standard InChI is InChI=1S/C16H11FO5/c17-16(14(19)20,15(21)22)12-8-4-7-11(9-12)13(18)10-5-2-1-3-6-10/h1-9H,(H,19,20)(H,21,22). The minimum Gasteiger partial charge on any atom is -0.478 e. The Labute approximate surface area is 124 Å². The number of hydrogen-bond acceptors (Lipinski definition) is 3. The molecule has 2 N–H and O–H groups in total. The third kappa shape index (κ3) is 2.58. The first kappa shape index (κ1) is 15.4. The van der Waals surface area contributed by atoms with Gasteiger partial charge in [-0.3, -0.25) is 4.79 Å². The third-order valence-corrected chi connectivity index (χ3v) is 3.15. The SMILES string of the molecule is O=C(c1ccccc1)c1cccc(C(F)(C(=O)O)C(=O)O)c1. The van der Waals surface area contributed by atoms with Gasteiger partial charge in [0.15, 0.2) is 5.78 Å². The second kappa shape index (κ2) is 5.77. The maximum Gasteiger partial charge on any atom is 0.358 e. The van der Waals surface area contributed by atoms with E-state index in [0.717, 1.165) is 12.1 Å². The largest absolute Gasteiger partial charge is 0.478 e. The molecule has 0 saturated heterocycles. The van der Waals surface area contributed by atoms with Gasteiger partial charge in [-0.1, -0.05) is 48.5 Å². The Morgan fingerprint density at radius 3 is 1.91 bits per heavy atom. The second-order valence-corrected chi connectivity index (χ2v) is 4.54. The molecule has 0 spiro atoms. The van der Waals surface area contributed by atoms with E-state index in [1.807, 2.05) is 0 Å². The number of carboxylic acids is 2. The van der Waals surface area contributed by atoms with Gasteiger partial charge in [-0.15, -0.1) is 0 Å². The monoisotopic (exact) mass is 302 g/mol. The Hall–Kier alpha value is -3.02. The van der Waals surface area contributed by atoms with Crippen molar-refractivity contribution in [1.29, 1.82) is 0 Å². The van der Waals surface area contributed by atoms with Gasteiger partial charge in [-0.25, -0.2) is 14.0 Å². The number of carbonyl (C=O) groups is 3. The number of benzene rings is 2. The zero-order valence-electron chi connectivity index (χ0n) is 11.2. The van der Waals surface area contributed by atoms with Crippen LogP contribution in [0.4, 0.5) is 4.39 Å². The van der Waals surface area contributed by atoms with E-state index >= 15 is 0 Å². The molecule has 0 bridgehead atoms. The van der Waals surface area contributed by atoms with Crippen molar-refractivity contribution in [1.82, 2.24) is 0 Å². The van der Waals surface area contributed by atoms with E-state index in [0.29, 0.717) is 5.56 Å². The molecular weight excluding hydrogens is 291 g/mol. The summed E-state index contributed by atoms with van der Waals surface area (Å²) in [6.07, 6.45) is 0. The fourth-order valence-corrected chi connectivity index (χ4v) is 1.97. The molecule has 22 heavy (non-hydrogen) atoms. The van der Waals surface area contributed by atoms with Crippen LogP contribution < -0.4 is 0 Å². The quantitative estimate of drug-likeness (QED) is 0.653. The Balaban J connectivity index is 2.49. The van der Waals surface area contributed by atoms with Crippen molar-refractivity contribution in [3.8, 4) is 0 Å². The predicted molar refractivity (Wildman–Crippen MR) is 74.4 cm³/mol. The molecule has 0 unspecified atom stereocenters. The van der Waals surface area contributed by atoms with Crippen LogP contribution in [0, 0.1) is 0 Å². The molecule has 0 aliphatic heterocycles. The van der Waals surface area contributed by atoms with Crippen LogP contribution in [0.2, 0.25) is 0 Å². The lowest BCUT2D eigenvalue weighted by molar-refractivity contribution is -0.167. The van der Waals surface area contributed by atoms with Crippen LogP contribution >= 0.6 is 0 Å². The fraction of sp³-hybridized carbons (Fsp3) is 0.0625. The van der Waals surface area contributed by atoms with E-state index in [4.69, 9.17) is 10.2 Å². The number of ketones is 1. The lowest BCUT2D eigenvalue weighted by atomic mass is 9.92. The highest BCUT2D eigenvalue weighted by atomic mass is 19.1. The van der Waals surface area contributed by atoms with E-state index in [-0.39, 0.29) is 5.56 Å². The topological polar surface area (TPSA) is 91.7 Å². The summed E-state index contributed by atoms with van der Waals surface area (Å²) >= 11 is 0. The van der Waals surface area contributed by atoms with E-state index in [1.165, 1.54) is 12.1 Å². The van der Waals surface area contributed by atoms with Gasteiger partial charge < -0.3 is 10.2 Å². The summed E-state index contributed by atoms with van der Waals surface area (Å²) in [5, 5.41) is 17.7. The van der Waals surface area contributed by atoms with Gasteiger partial charge in [0.2, 0.25) is 0 Å². The Bertz CT molecular complexity index is 725. The first-order valence-corrected chi connectivity index (χ1v) is 6.23. The Morgan fingerprint density at radius 2 is 1.36 bits per heavy atom. The maximum atomic E-state index is 14.3. The number of aliphatic carboxylic acids is 2. The van der Waals surface area contributed by atoms with Crippen molar-refractivity contribution in [2.24, 2.45) is 0 Å². The molecule has 0 aliphatic rings. The fourth-order valence-electron chi connectivity index (χ4n) is 1.97. The number of rotatable bonds is 5. The molecule has 0 amide bonds. The van der Waals surface area contributed by atoms with Crippen LogP contribution in [0.5, 0.6) is 0 Å². The maximum absolute atomic E-state index is 14.3. The molecule has 112 valence electrons. The summed E-state index contributed by atoms with van der Waals surface area (Å²) in [4.78, 5) is 34.2. The minimum atomic E-state index is -3.60. The first-order valence-electron chi connectivity index (χ1n) is 6.23. The van der Waals surface area contributed by atoms with Gasteiger partial charge in [0.1, 0.15) is 0 Å². The summed E-state index contributed by atoms with van der Waals surface area (Å²) in [6, 6.07) is 12.7. The predicted octanol–water partition coefficient (Wildman–Crippen LogP) is 2.25.